The van der Waals surface area contributed by atoms with Crippen LogP contribution in [-0.2, 0) is 6.42 Å². The van der Waals surface area contributed by atoms with Crippen molar-refractivity contribution in [2.45, 2.75) is 26.2 Å². The summed E-state index contributed by atoms with van der Waals surface area (Å²) in [6.45, 7) is 4.54. The molecule has 0 bridgehead atoms. The van der Waals surface area contributed by atoms with Crippen molar-refractivity contribution in [3.8, 4) is 0 Å². The van der Waals surface area contributed by atoms with Gasteiger partial charge in [0.2, 0.25) is 0 Å². The van der Waals surface area contributed by atoms with E-state index in [-0.39, 0.29) is 11.7 Å². The summed E-state index contributed by atoms with van der Waals surface area (Å²) >= 11 is 0. The molecule has 0 aromatic heterocycles. The van der Waals surface area contributed by atoms with Crippen LogP contribution in [-0.4, -0.2) is 6.54 Å². The van der Waals surface area contributed by atoms with Crippen molar-refractivity contribution in [3.05, 3.63) is 35.1 Å². The predicted molar refractivity (Wildman–Crippen MR) is 53.2 cm³/mol. The minimum Gasteiger partial charge on any atom is -0.330 e. The lowest BCUT2D eigenvalue weighted by Gasteiger charge is -2.08. The van der Waals surface area contributed by atoms with E-state index in [9.17, 15) is 4.39 Å². The molecule has 0 fully saturated rings. The molecular formula is C11H16FN. The highest BCUT2D eigenvalue weighted by atomic mass is 19.1. The Labute approximate surface area is 78.8 Å². The maximum absolute atomic E-state index is 13.4. The maximum Gasteiger partial charge on any atom is 0.126 e. The molecule has 1 rings (SSSR count). The van der Waals surface area contributed by atoms with E-state index in [1.54, 1.807) is 6.07 Å². The maximum atomic E-state index is 13.4. The molecular weight excluding hydrogens is 165 g/mol. The lowest BCUT2D eigenvalue weighted by molar-refractivity contribution is 0.596. The second kappa shape index (κ2) is 4.38. The van der Waals surface area contributed by atoms with Gasteiger partial charge < -0.3 is 5.73 Å². The van der Waals surface area contributed by atoms with E-state index in [0.29, 0.717) is 6.54 Å². The summed E-state index contributed by atoms with van der Waals surface area (Å²) in [5.41, 5.74) is 7.14. The van der Waals surface area contributed by atoms with Crippen molar-refractivity contribution in [3.63, 3.8) is 0 Å². The summed E-state index contributed by atoms with van der Waals surface area (Å²) in [5, 5.41) is 0. The van der Waals surface area contributed by atoms with Gasteiger partial charge in [-0.1, -0.05) is 26.0 Å². The second-order valence-electron chi connectivity index (χ2n) is 3.55. The normalized spacial score (nSPS) is 10.8. The van der Waals surface area contributed by atoms with Crippen molar-refractivity contribution in [2.75, 3.05) is 6.54 Å². The number of hydrogen-bond acceptors (Lipinski definition) is 1. The average Bonchev–Trinajstić information content (AvgIpc) is 2.04. The van der Waals surface area contributed by atoms with Crippen LogP contribution in [0, 0.1) is 5.82 Å². The van der Waals surface area contributed by atoms with Gasteiger partial charge in [0, 0.05) is 0 Å². The Hall–Kier alpha value is -0.890. The molecule has 2 heteroatoms. The lowest BCUT2D eigenvalue weighted by atomic mass is 10.00. The van der Waals surface area contributed by atoms with Gasteiger partial charge in [0.15, 0.2) is 0 Å². The van der Waals surface area contributed by atoms with Gasteiger partial charge in [-0.2, -0.15) is 0 Å². The molecule has 0 amide bonds. The van der Waals surface area contributed by atoms with E-state index in [4.69, 9.17) is 5.73 Å². The Balaban J connectivity index is 2.92. The number of benzene rings is 1. The van der Waals surface area contributed by atoms with Crippen LogP contribution in [0.25, 0.3) is 0 Å². The van der Waals surface area contributed by atoms with Crippen LogP contribution in [0.5, 0.6) is 0 Å². The third kappa shape index (κ3) is 2.52. The summed E-state index contributed by atoms with van der Waals surface area (Å²) in [7, 11) is 0. The molecule has 1 aromatic rings. The monoisotopic (exact) mass is 181 g/mol. The summed E-state index contributed by atoms with van der Waals surface area (Å²) < 4.78 is 13.4. The van der Waals surface area contributed by atoms with E-state index >= 15 is 0 Å². The highest BCUT2D eigenvalue weighted by Gasteiger charge is 2.06. The number of hydrogen-bond donors (Lipinski definition) is 1. The van der Waals surface area contributed by atoms with Gasteiger partial charge in [-0.15, -0.1) is 0 Å². The molecule has 0 aliphatic carbocycles. The highest BCUT2D eigenvalue weighted by molar-refractivity contribution is 5.26. The van der Waals surface area contributed by atoms with Gasteiger partial charge in [-0.25, -0.2) is 4.39 Å². The van der Waals surface area contributed by atoms with Gasteiger partial charge >= 0.3 is 0 Å². The van der Waals surface area contributed by atoms with Crippen molar-refractivity contribution in [2.24, 2.45) is 5.73 Å². The number of halogens is 1. The summed E-state index contributed by atoms with van der Waals surface area (Å²) in [6, 6.07) is 5.39. The molecule has 0 heterocycles. The van der Waals surface area contributed by atoms with Crippen LogP contribution in [0.3, 0.4) is 0 Å². The van der Waals surface area contributed by atoms with Crippen LogP contribution in [0.1, 0.15) is 30.9 Å². The van der Waals surface area contributed by atoms with Crippen LogP contribution in [0.4, 0.5) is 4.39 Å². The van der Waals surface area contributed by atoms with Crippen LogP contribution < -0.4 is 5.73 Å². The van der Waals surface area contributed by atoms with Gasteiger partial charge in [0.1, 0.15) is 5.82 Å². The first-order valence-electron chi connectivity index (χ1n) is 4.63. The van der Waals surface area contributed by atoms with Crippen molar-refractivity contribution in [1.29, 1.82) is 0 Å². The second-order valence-corrected chi connectivity index (χ2v) is 3.55. The van der Waals surface area contributed by atoms with E-state index in [1.165, 1.54) is 0 Å². The fraction of sp³-hybridized carbons (Fsp3) is 0.455. The third-order valence-corrected chi connectivity index (χ3v) is 2.12. The molecule has 0 aliphatic rings. The largest absolute Gasteiger partial charge is 0.330 e. The minimum atomic E-state index is -0.110. The van der Waals surface area contributed by atoms with Crippen LogP contribution in [0.2, 0.25) is 0 Å². The summed E-state index contributed by atoms with van der Waals surface area (Å²) in [4.78, 5) is 0. The van der Waals surface area contributed by atoms with E-state index in [0.717, 1.165) is 17.5 Å². The van der Waals surface area contributed by atoms with Gasteiger partial charge in [0.25, 0.3) is 0 Å². The molecule has 1 aromatic carbocycles. The molecule has 0 saturated carbocycles. The molecule has 2 N–H and O–H groups in total. The zero-order valence-electron chi connectivity index (χ0n) is 8.18. The molecule has 72 valence electrons. The highest BCUT2D eigenvalue weighted by Crippen LogP contribution is 2.19. The smallest absolute Gasteiger partial charge is 0.126 e. The third-order valence-electron chi connectivity index (χ3n) is 2.12. The average molecular weight is 181 g/mol. The van der Waals surface area contributed by atoms with Crippen molar-refractivity contribution >= 4 is 0 Å². The van der Waals surface area contributed by atoms with Crippen molar-refractivity contribution in [1.82, 2.24) is 0 Å². The number of rotatable bonds is 3. The van der Waals surface area contributed by atoms with Gasteiger partial charge in [-0.05, 0) is 36.1 Å². The molecule has 0 unspecified atom stereocenters. The summed E-state index contributed by atoms with van der Waals surface area (Å²) in [5.74, 6) is 0.132. The zero-order chi connectivity index (χ0) is 9.84. The Morgan fingerprint density at radius 2 is 2.08 bits per heavy atom. The zero-order valence-corrected chi connectivity index (χ0v) is 8.18. The summed E-state index contributed by atoms with van der Waals surface area (Å²) in [6.07, 6.45) is 0.745. The Morgan fingerprint density at radius 1 is 1.38 bits per heavy atom. The molecule has 0 aliphatic heterocycles. The van der Waals surface area contributed by atoms with E-state index < -0.39 is 0 Å². The molecule has 0 atom stereocenters. The van der Waals surface area contributed by atoms with Crippen LogP contribution in [0.15, 0.2) is 18.2 Å². The molecule has 1 nitrogen and oxygen atoms in total. The first-order valence-corrected chi connectivity index (χ1v) is 4.63. The fourth-order valence-corrected chi connectivity index (χ4v) is 1.36. The van der Waals surface area contributed by atoms with Gasteiger partial charge in [-0.3, -0.25) is 0 Å². The number of nitrogens with two attached hydrogens (primary N) is 1. The van der Waals surface area contributed by atoms with Crippen molar-refractivity contribution < 1.29 is 4.39 Å². The Morgan fingerprint density at radius 3 is 2.54 bits per heavy atom. The molecule has 0 saturated heterocycles. The fourth-order valence-electron chi connectivity index (χ4n) is 1.36. The first-order chi connectivity index (χ1) is 6.15. The first kappa shape index (κ1) is 10.2. The Kier molecular flexibility index (Phi) is 3.43. The van der Waals surface area contributed by atoms with Gasteiger partial charge in [0.05, 0.1) is 0 Å². The van der Waals surface area contributed by atoms with E-state index in [2.05, 4.69) is 0 Å². The molecule has 13 heavy (non-hydrogen) atoms. The standard InChI is InChI=1S/C11H16FN/c1-8(2)10-4-3-9(5-6-13)7-11(10)12/h3-4,7-8H,5-6,13H2,1-2H3. The SMILES string of the molecule is CC(C)c1ccc(CCN)cc1F. The predicted octanol–water partition coefficient (Wildman–Crippen LogP) is 2.45. The van der Waals surface area contributed by atoms with E-state index in [1.807, 2.05) is 26.0 Å². The molecule has 0 spiro atoms. The molecule has 0 radical (unpaired) electrons. The topological polar surface area (TPSA) is 26.0 Å². The quantitative estimate of drug-likeness (QED) is 0.761. The Bertz CT molecular complexity index is 281. The lowest BCUT2D eigenvalue weighted by Crippen LogP contribution is -2.03. The minimum absolute atomic E-state index is 0.110. The van der Waals surface area contributed by atoms with Crippen LogP contribution >= 0.6 is 0 Å².